The minimum absolute atomic E-state index is 0.0549. The molecule has 7 heteroatoms. The number of carbonyl (C=O) groups excluding carboxylic acids is 2. The van der Waals surface area contributed by atoms with E-state index in [1.165, 1.54) is 5.56 Å². The number of amides is 2. The Bertz CT molecular complexity index is 1260. The van der Waals surface area contributed by atoms with E-state index >= 15 is 0 Å². The van der Waals surface area contributed by atoms with Crippen LogP contribution in [0.15, 0.2) is 102 Å². The maximum absolute atomic E-state index is 12.5. The third kappa shape index (κ3) is 7.50. The van der Waals surface area contributed by atoms with Crippen LogP contribution in [0.1, 0.15) is 28.1 Å². The Balaban J connectivity index is 1.24. The fourth-order valence-electron chi connectivity index (χ4n) is 3.64. The number of hydrogen-bond acceptors (Lipinski definition) is 5. The normalized spacial score (nSPS) is 10.4. The summed E-state index contributed by atoms with van der Waals surface area (Å²) in [5.74, 6) is 0.883. The molecule has 3 aromatic carbocycles. The van der Waals surface area contributed by atoms with Crippen molar-refractivity contribution >= 4 is 23.2 Å². The van der Waals surface area contributed by atoms with Gasteiger partial charge < -0.3 is 25.1 Å². The molecule has 0 aliphatic rings. The Morgan fingerprint density at radius 3 is 2.53 bits per heavy atom. The van der Waals surface area contributed by atoms with E-state index in [4.69, 9.17) is 9.15 Å². The van der Waals surface area contributed by atoms with Crippen molar-refractivity contribution in [3.63, 3.8) is 0 Å². The number of nitrogens with one attached hydrogen (secondary N) is 3. The molecule has 2 amide bonds. The molecular formula is C29H29N3O4. The van der Waals surface area contributed by atoms with E-state index < -0.39 is 0 Å². The first kappa shape index (κ1) is 24.6. The second-order valence-corrected chi connectivity index (χ2v) is 8.18. The second-order valence-electron chi connectivity index (χ2n) is 8.18. The Hall–Kier alpha value is -4.52. The van der Waals surface area contributed by atoms with Crippen molar-refractivity contribution in [1.29, 1.82) is 0 Å². The molecule has 3 N–H and O–H groups in total. The summed E-state index contributed by atoms with van der Waals surface area (Å²) in [6.07, 6.45) is 3.39. The van der Waals surface area contributed by atoms with Crippen molar-refractivity contribution < 1.29 is 18.7 Å². The molecule has 0 radical (unpaired) electrons. The van der Waals surface area contributed by atoms with Gasteiger partial charge in [0.05, 0.1) is 31.6 Å². The maximum atomic E-state index is 12.5. The van der Waals surface area contributed by atoms with Gasteiger partial charge in [0.1, 0.15) is 11.5 Å². The number of para-hydroxylation sites is 2. The number of hydrogen-bond donors (Lipinski definition) is 3. The number of aryl methyl sites for hydroxylation is 1. The second kappa shape index (κ2) is 12.8. The molecule has 1 heterocycles. The van der Waals surface area contributed by atoms with Crippen molar-refractivity contribution in [3.8, 4) is 5.75 Å². The van der Waals surface area contributed by atoms with Crippen molar-refractivity contribution in [2.45, 2.75) is 19.4 Å². The highest BCUT2D eigenvalue weighted by atomic mass is 16.5. The number of benzene rings is 3. The highest BCUT2D eigenvalue weighted by Gasteiger charge is 2.10. The third-order valence-electron chi connectivity index (χ3n) is 5.45. The van der Waals surface area contributed by atoms with Gasteiger partial charge in [0.15, 0.2) is 0 Å². The number of ether oxygens (including phenoxy) is 1. The van der Waals surface area contributed by atoms with Gasteiger partial charge in [0.2, 0.25) is 5.91 Å². The molecule has 0 unspecified atom stereocenters. The van der Waals surface area contributed by atoms with E-state index in [-0.39, 0.29) is 18.4 Å². The molecule has 0 aliphatic heterocycles. The molecule has 36 heavy (non-hydrogen) atoms. The van der Waals surface area contributed by atoms with Gasteiger partial charge in [-0.15, -0.1) is 0 Å². The summed E-state index contributed by atoms with van der Waals surface area (Å²) < 4.78 is 11.2. The van der Waals surface area contributed by atoms with Crippen LogP contribution in [0.2, 0.25) is 0 Å². The SMILES string of the molecule is O=C(CNc1ccccc1OCCCc1ccccc1)Nc1cccc(C(=O)NCc2ccco2)c1. The van der Waals surface area contributed by atoms with E-state index in [2.05, 4.69) is 28.1 Å². The quantitative estimate of drug-likeness (QED) is 0.239. The summed E-state index contributed by atoms with van der Waals surface area (Å²) in [7, 11) is 0. The zero-order chi connectivity index (χ0) is 25.0. The third-order valence-corrected chi connectivity index (χ3v) is 5.45. The van der Waals surface area contributed by atoms with Gasteiger partial charge in [0.25, 0.3) is 5.91 Å². The smallest absolute Gasteiger partial charge is 0.251 e. The Kier molecular flexibility index (Phi) is 8.75. The highest BCUT2D eigenvalue weighted by molar-refractivity contribution is 5.98. The summed E-state index contributed by atoms with van der Waals surface area (Å²) in [4.78, 5) is 25.0. The van der Waals surface area contributed by atoms with Crippen LogP contribution in [0.25, 0.3) is 0 Å². The monoisotopic (exact) mass is 483 g/mol. The molecule has 0 atom stereocenters. The zero-order valence-corrected chi connectivity index (χ0v) is 19.9. The first-order valence-corrected chi connectivity index (χ1v) is 11.9. The summed E-state index contributed by atoms with van der Waals surface area (Å²) in [6.45, 7) is 0.925. The minimum Gasteiger partial charge on any atom is -0.491 e. The predicted molar refractivity (Wildman–Crippen MR) is 140 cm³/mol. The molecule has 0 fully saturated rings. The molecule has 0 spiro atoms. The van der Waals surface area contributed by atoms with Crippen molar-refractivity contribution in [2.75, 3.05) is 23.8 Å². The van der Waals surface area contributed by atoms with Crippen LogP contribution in [0.3, 0.4) is 0 Å². The van der Waals surface area contributed by atoms with E-state index in [1.54, 1.807) is 42.7 Å². The average molecular weight is 484 g/mol. The lowest BCUT2D eigenvalue weighted by Gasteiger charge is -2.13. The first-order valence-electron chi connectivity index (χ1n) is 11.9. The summed E-state index contributed by atoms with van der Waals surface area (Å²) >= 11 is 0. The lowest BCUT2D eigenvalue weighted by Crippen LogP contribution is -2.24. The number of rotatable bonds is 12. The van der Waals surface area contributed by atoms with E-state index in [9.17, 15) is 9.59 Å². The molecular weight excluding hydrogens is 454 g/mol. The molecule has 0 aliphatic carbocycles. The van der Waals surface area contributed by atoms with Crippen LogP contribution < -0.4 is 20.7 Å². The maximum Gasteiger partial charge on any atom is 0.251 e. The summed E-state index contributed by atoms with van der Waals surface area (Å²) in [5.41, 5.74) is 3.01. The van der Waals surface area contributed by atoms with Crippen LogP contribution in [0.4, 0.5) is 11.4 Å². The molecule has 7 nitrogen and oxygen atoms in total. The van der Waals surface area contributed by atoms with Gasteiger partial charge >= 0.3 is 0 Å². The fourth-order valence-corrected chi connectivity index (χ4v) is 3.64. The van der Waals surface area contributed by atoms with Crippen LogP contribution >= 0.6 is 0 Å². The van der Waals surface area contributed by atoms with Gasteiger partial charge in [-0.25, -0.2) is 0 Å². The Morgan fingerprint density at radius 1 is 0.861 bits per heavy atom. The van der Waals surface area contributed by atoms with Gasteiger partial charge in [-0.3, -0.25) is 9.59 Å². The lowest BCUT2D eigenvalue weighted by atomic mass is 10.1. The lowest BCUT2D eigenvalue weighted by molar-refractivity contribution is -0.114. The molecule has 0 bridgehead atoms. The number of anilines is 2. The van der Waals surface area contributed by atoms with E-state index in [1.807, 2.05) is 42.5 Å². The zero-order valence-electron chi connectivity index (χ0n) is 19.9. The van der Waals surface area contributed by atoms with Gasteiger partial charge in [-0.2, -0.15) is 0 Å². The van der Waals surface area contributed by atoms with Crippen molar-refractivity contribution in [2.24, 2.45) is 0 Å². The van der Waals surface area contributed by atoms with Crippen molar-refractivity contribution in [1.82, 2.24) is 5.32 Å². The van der Waals surface area contributed by atoms with Gasteiger partial charge in [-0.05, 0) is 60.9 Å². The first-order chi connectivity index (χ1) is 17.7. The van der Waals surface area contributed by atoms with Crippen LogP contribution in [0, 0.1) is 0 Å². The predicted octanol–water partition coefficient (Wildman–Crippen LogP) is 5.27. The van der Waals surface area contributed by atoms with E-state index in [0.717, 1.165) is 18.5 Å². The summed E-state index contributed by atoms with van der Waals surface area (Å²) in [6, 6.07) is 28.2. The van der Waals surface area contributed by atoms with Crippen LogP contribution in [0.5, 0.6) is 5.75 Å². The minimum atomic E-state index is -0.251. The van der Waals surface area contributed by atoms with Gasteiger partial charge in [-0.1, -0.05) is 48.5 Å². The largest absolute Gasteiger partial charge is 0.491 e. The Labute approximate surface area is 210 Å². The molecule has 184 valence electrons. The summed E-state index contributed by atoms with van der Waals surface area (Å²) in [5, 5.41) is 8.76. The topological polar surface area (TPSA) is 92.6 Å². The highest BCUT2D eigenvalue weighted by Crippen LogP contribution is 2.24. The molecule has 4 rings (SSSR count). The number of carbonyl (C=O) groups is 2. The van der Waals surface area contributed by atoms with Crippen molar-refractivity contribution in [3.05, 3.63) is 114 Å². The molecule has 4 aromatic rings. The van der Waals surface area contributed by atoms with E-state index in [0.29, 0.717) is 35.9 Å². The fraction of sp³-hybridized carbons (Fsp3) is 0.172. The molecule has 0 saturated carbocycles. The van der Waals surface area contributed by atoms with Crippen LogP contribution in [-0.2, 0) is 17.8 Å². The average Bonchev–Trinajstić information content (AvgIpc) is 3.44. The molecule has 0 saturated heterocycles. The van der Waals surface area contributed by atoms with Crippen LogP contribution in [-0.4, -0.2) is 25.0 Å². The Morgan fingerprint density at radius 2 is 1.69 bits per heavy atom. The number of furan rings is 1. The molecule has 1 aromatic heterocycles. The standard InChI is InChI=1S/C29H29N3O4/c33-28(32-24-13-6-12-23(19-24)29(34)31-20-25-14-8-17-35-25)21-30-26-15-4-5-16-27(26)36-18-7-11-22-9-2-1-3-10-22/h1-6,8-10,12-17,19,30H,7,11,18,20-21H2,(H,31,34)(H,32,33). The van der Waals surface area contributed by atoms with Gasteiger partial charge in [0, 0.05) is 11.3 Å².